The van der Waals surface area contributed by atoms with Crippen LogP contribution in [0.1, 0.15) is 42.6 Å². The van der Waals surface area contributed by atoms with Crippen LogP contribution in [0, 0.1) is 0 Å². The van der Waals surface area contributed by atoms with Crippen LogP contribution in [-0.2, 0) is 0 Å². The lowest BCUT2D eigenvalue weighted by molar-refractivity contribution is 0.0643. The van der Waals surface area contributed by atoms with Crippen LogP contribution < -0.4 is 0 Å². The smallest absolute Gasteiger partial charge is 0.272 e. The van der Waals surface area contributed by atoms with E-state index < -0.39 is 0 Å². The fraction of sp³-hybridized carbons (Fsp3) is 0.571. The second kappa shape index (κ2) is 7.25. The lowest BCUT2D eigenvalue weighted by Crippen LogP contribution is -2.42. The first-order valence-corrected chi connectivity index (χ1v) is 8.03. The van der Waals surface area contributed by atoms with Crippen molar-refractivity contribution in [3.63, 3.8) is 0 Å². The summed E-state index contributed by atoms with van der Waals surface area (Å²) in [4.78, 5) is 18.6. The van der Waals surface area contributed by atoms with Gasteiger partial charge in [-0.25, -0.2) is 4.98 Å². The molecule has 1 amide bonds. The molecule has 1 saturated carbocycles. The Morgan fingerprint density at radius 1 is 1.37 bits per heavy atom. The molecule has 0 N–H and O–H groups in total. The van der Waals surface area contributed by atoms with E-state index in [-0.39, 0.29) is 5.91 Å². The van der Waals surface area contributed by atoms with E-state index in [1.54, 1.807) is 12.3 Å². The molecule has 1 fully saturated rings. The lowest BCUT2D eigenvalue weighted by Gasteiger charge is -2.33. The molecule has 0 unspecified atom stereocenters. The second-order valence-electron chi connectivity index (χ2n) is 4.84. The van der Waals surface area contributed by atoms with E-state index in [4.69, 9.17) is 11.6 Å². The van der Waals surface area contributed by atoms with Crippen molar-refractivity contribution in [2.24, 2.45) is 0 Å². The molecule has 1 aliphatic carbocycles. The second-order valence-corrected chi connectivity index (χ2v) is 6.13. The van der Waals surface area contributed by atoms with E-state index in [0.717, 1.165) is 17.3 Å². The van der Waals surface area contributed by atoms with Gasteiger partial charge >= 0.3 is 0 Å². The van der Waals surface area contributed by atoms with Crippen LogP contribution >= 0.6 is 27.5 Å². The number of nitrogens with zero attached hydrogens (tertiary/aromatic N) is 2. The van der Waals surface area contributed by atoms with Crippen molar-refractivity contribution >= 4 is 33.4 Å². The molecule has 1 aliphatic rings. The maximum atomic E-state index is 12.5. The molecular formula is C14H18BrClN2O. The van der Waals surface area contributed by atoms with Crippen molar-refractivity contribution in [2.45, 2.75) is 38.1 Å². The Morgan fingerprint density at radius 3 is 2.68 bits per heavy atom. The first-order chi connectivity index (χ1) is 9.22. The number of hydrogen-bond acceptors (Lipinski definition) is 2. The van der Waals surface area contributed by atoms with Crippen molar-refractivity contribution in [2.75, 3.05) is 12.4 Å². The normalized spacial score (nSPS) is 16.3. The Kier molecular flexibility index (Phi) is 5.64. The molecule has 1 heterocycles. The van der Waals surface area contributed by atoms with E-state index in [2.05, 4.69) is 20.9 Å². The Bertz CT molecular complexity index is 418. The Balaban J connectivity index is 2.13. The number of amides is 1. The molecular weight excluding hydrogens is 328 g/mol. The fourth-order valence-corrected chi connectivity index (χ4v) is 3.00. The summed E-state index contributed by atoms with van der Waals surface area (Å²) in [6, 6.07) is 3.93. The zero-order valence-corrected chi connectivity index (χ0v) is 13.2. The van der Waals surface area contributed by atoms with Gasteiger partial charge < -0.3 is 4.90 Å². The maximum Gasteiger partial charge on any atom is 0.272 e. The number of aromatic nitrogens is 1. The van der Waals surface area contributed by atoms with Gasteiger partial charge in [-0.2, -0.15) is 0 Å². The summed E-state index contributed by atoms with van der Waals surface area (Å²) >= 11 is 9.18. The molecule has 0 aromatic carbocycles. The zero-order chi connectivity index (χ0) is 13.7. The van der Waals surface area contributed by atoms with E-state index in [1.807, 2.05) is 11.0 Å². The zero-order valence-electron chi connectivity index (χ0n) is 10.8. The third kappa shape index (κ3) is 3.93. The minimum atomic E-state index is 0.0000463. The van der Waals surface area contributed by atoms with Gasteiger partial charge in [-0.05, 0) is 40.9 Å². The van der Waals surface area contributed by atoms with Gasteiger partial charge in [0.1, 0.15) is 5.69 Å². The van der Waals surface area contributed by atoms with Crippen molar-refractivity contribution in [1.29, 1.82) is 0 Å². The summed E-state index contributed by atoms with van der Waals surface area (Å²) in [5.74, 6) is 0.471. The summed E-state index contributed by atoms with van der Waals surface area (Å²) in [5, 5.41) is 0. The van der Waals surface area contributed by atoms with Gasteiger partial charge in [0.2, 0.25) is 0 Å². The monoisotopic (exact) mass is 344 g/mol. The van der Waals surface area contributed by atoms with Crippen molar-refractivity contribution < 1.29 is 4.79 Å². The third-order valence-electron chi connectivity index (χ3n) is 3.55. The van der Waals surface area contributed by atoms with E-state index in [0.29, 0.717) is 24.2 Å². The van der Waals surface area contributed by atoms with E-state index in [9.17, 15) is 4.79 Å². The minimum Gasteiger partial charge on any atom is -0.333 e. The number of rotatable bonds is 4. The van der Waals surface area contributed by atoms with Crippen LogP contribution in [0.4, 0.5) is 0 Å². The average Bonchev–Trinajstić information content (AvgIpc) is 2.46. The van der Waals surface area contributed by atoms with Crippen molar-refractivity contribution in [1.82, 2.24) is 9.88 Å². The van der Waals surface area contributed by atoms with Crippen LogP contribution in [0.25, 0.3) is 0 Å². The SMILES string of the molecule is O=C(c1ccc(Br)cn1)N(CCCl)C1CCCCC1. The molecule has 0 atom stereocenters. The Morgan fingerprint density at radius 2 is 2.11 bits per heavy atom. The highest BCUT2D eigenvalue weighted by Gasteiger charge is 2.26. The topological polar surface area (TPSA) is 33.2 Å². The highest BCUT2D eigenvalue weighted by Crippen LogP contribution is 2.24. The van der Waals surface area contributed by atoms with Gasteiger partial charge in [0.05, 0.1) is 0 Å². The summed E-state index contributed by atoms with van der Waals surface area (Å²) in [6.07, 6.45) is 7.50. The molecule has 19 heavy (non-hydrogen) atoms. The number of hydrogen-bond donors (Lipinski definition) is 0. The van der Waals surface area contributed by atoms with Gasteiger partial charge in [-0.1, -0.05) is 19.3 Å². The number of alkyl halides is 1. The first kappa shape index (κ1) is 14.8. The number of halogens is 2. The summed E-state index contributed by atoms with van der Waals surface area (Å²) in [5.41, 5.74) is 0.499. The predicted molar refractivity (Wildman–Crippen MR) is 80.6 cm³/mol. The van der Waals surface area contributed by atoms with Crippen LogP contribution in [0.2, 0.25) is 0 Å². The molecule has 0 radical (unpaired) electrons. The highest BCUT2D eigenvalue weighted by atomic mass is 79.9. The van der Waals surface area contributed by atoms with Crippen LogP contribution in [0.15, 0.2) is 22.8 Å². The molecule has 2 rings (SSSR count). The van der Waals surface area contributed by atoms with Crippen LogP contribution in [0.5, 0.6) is 0 Å². The van der Waals surface area contributed by atoms with Gasteiger partial charge in [-0.15, -0.1) is 11.6 Å². The minimum absolute atomic E-state index is 0.0000463. The van der Waals surface area contributed by atoms with Gasteiger partial charge in [0, 0.05) is 29.1 Å². The standard InChI is InChI=1S/C14H18BrClN2O/c15-11-6-7-13(17-10-11)14(19)18(9-8-16)12-4-2-1-3-5-12/h6-7,10,12H,1-5,8-9H2. The molecule has 1 aromatic heterocycles. The summed E-state index contributed by atoms with van der Waals surface area (Å²) in [6.45, 7) is 0.600. The highest BCUT2D eigenvalue weighted by molar-refractivity contribution is 9.10. The van der Waals surface area contributed by atoms with Gasteiger partial charge in [0.15, 0.2) is 0 Å². The Labute approximate surface area is 127 Å². The van der Waals surface area contributed by atoms with E-state index >= 15 is 0 Å². The number of carbonyl (C=O) groups excluding carboxylic acids is 1. The Hall–Kier alpha value is -0.610. The predicted octanol–water partition coefficient (Wildman–Crippen LogP) is 3.86. The molecule has 0 saturated heterocycles. The molecule has 0 spiro atoms. The summed E-state index contributed by atoms with van der Waals surface area (Å²) in [7, 11) is 0. The van der Waals surface area contributed by atoms with E-state index in [1.165, 1.54) is 19.3 Å². The third-order valence-corrected chi connectivity index (χ3v) is 4.19. The molecule has 1 aromatic rings. The molecule has 0 bridgehead atoms. The van der Waals surface area contributed by atoms with Crippen molar-refractivity contribution in [3.8, 4) is 0 Å². The fourth-order valence-electron chi connectivity index (χ4n) is 2.58. The van der Waals surface area contributed by atoms with Crippen molar-refractivity contribution in [3.05, 3.63) is 28.5 Å². The quantitative estimate of drug-likeness (QED) is 0.776. The maximum absolute atomic E-state index is 12.5. The van der Waals surface area contributed by atoms with Crippen LogP contribution in [0.3, 0.4) is 0 Å². The number of pyridine rings is 1. The molecule has 5 heteroatoms. The van der Waals surface area contributed by atoms with Gasteiger partial charge in [-0.3, -0.25) is 4.79 Å². The first-order valence-electron chi connectivity index (χ1n) is 6.71. The summed E-state index contributed by atoms with van der Waals surface area (Å²) < 4.78 is 0.880. The van der Waals surface area contributed by atoms with Crippen LogP contribution in [-0.4, -0.2) is 34.3 Å². The van der Waals surface area contributed by atoms with Gasteiger partial charge in [0.25, 0.3) is 5.91 Å². The molecule has 104 valence electrons. The largest absolute Gasteiger partial charge is 0.333 e. The average molecular weight is 346 g/mol. The molecule has 0 aliphatic heterocycles. The lowest BCUT2D eigenvalue weighted by atomic mass is 9.94. The molecule has 3 nitrogen and oxygen atoms in total. The number of carbonyl (C=O) groups is 1.